The number of pyridine rings is 1. The zero-order valence-electron chi connectivity index (χ0n) is 10.2. The first kappa shape index (κ1) is 11.9. The molecule has 0 radical (unpaired) electrons. The Morgan fingerprint density at radius 3 is 2.89 bits per heavy atom. The molecule has 0 bridgehead atoms. The molecule has 94 valence electrons. The monoisotopic (exact) mass is 262 g/mol. The number of likely N-dealkylation sites (tertiary alicyclic amines) is 1. The first-order valence-corrected chi connectivity index (χ1v) is 6.46. The van der Waals surface area contributed by atoms with Crippen LogP contribution in [-0.2, 0) is 6.54 Å². The number of aromatic nitrogens is 1. The van der Waals surface area contributed by atoms with Crippen molar-refractivity contribution in [3.05, 3.63) is 40.5 Å². The predicted molar refractivity (Wildman–Crippen MR) is 72.8 cm³/mol. The molecular formula is C14H15ClN2O. The molecule has 0 saturated carbocycles. The maximum atomic E-state index is 9.28. The number of aryl methyl sites for hydroxylation is 1. The number of hydrogen-bond donors (Lipinski definition) is 1. The Morgan fingerprint density at radius 2 is 2.17 bits per heavy atom. The molecule has 0 unspecified atom stereocenters. The fourth-order valence-corrected chi connectivity index (χ4v) is 2.53. The van der Waals surface area contributed by atoms with E-state index in [1.54, 1.807) is 0 Å². The molecule has 0 amide bonds. The van der Waals surface area contributed by atoms with Crippen molar-refractivity contribution in [2.24, 2.45) is 0 Å². The molecular weight excluding hydrogens is 248 g/mol. The van der Waals surface area contributed by atoms with Gasteiger partial charge >= 0.3 is 0 Å². The number of aliphatic hydroxyl groups is 1. The van der Waals surface area contributed by atoms with Gasteiger partial charge in [-0.3, -0.25) is 4.90 Å². The topological polar surface area (TPSA) is 36.4 Å². The van der Waals surface area contributed by atoms with Gasteiger partial charge in [0.15, 0.2) is 0 Å². The molecule has 1 N–H and O–H groups in total. The van der Waals surface area contributed by atoms with Gasteiger partial charge in [-0.25, -0.2) is 4.98 Å². The third-order valence-corrected chi connectivity index (χ3v) is 3.66. The Hall–Kier alpha value is -1.16. The molecule has 1 saturated heterocycles. The van der Waals surface area contributed by atoms with Gasteiger partial charge in [0.25, 0.3) is 0 Å². The lowest BCUT2D eigenvalue weighted by Gasteiger charge is -2.35. The van der Waals surface area contributed by atoms with Crippen molar-refractivity contribution in [3.8, 4) is 0 Å². The quantitative estimate of drug-likeness (QED) is 0.845. The van der Waals surface area contributed by atoms with Gasteiger partial charge in [-0.15, -0.1) is 0 Å². The highest BCUT2D eigenvalue weighted by molar-refractivity contribution is 6.30. The van der Waals surface area contributed by atoms with Gasteiger partial charge in [0.1, 0.15) is 5.15 Å². The molecule has 1 aliphatic rings. The molecule has 1 aromatic carbocycles. The zero-order chi connectivity index (χ0) is 12.7. The fraction of sp³-hybridized carbons (Fsp3) is 0.357. The molecule has 2 aromatic rings. The summed E-state index contributed by atoms with van der Waals surface area (Å²) in [7, 11) is 0. The second kappa shape index (κ2) is 4.50. The minimum atomic E-state index is -0.181. The summed E-state index contributed by atoms with van der Waals surface area (Å²) < 4.78 is 0. The van der Waals surface area contributed by atoms with E-state index < -0.39 is 0 Å². The van der Waals surface area contributed by atoms with Crippen molar-refractivity contribution < 1.29 is 5.11 Å². The number of fused-ring (bicyclic) bond motifs is 1. The van der Waals surface area contributed by atoms with E-state index in [0.29, 0.717) is 5.15 Å². The Labute approximate surface area is 111 Å². The molecule has 1 aromatic heterocycles. The standard InChI is InChI=1S/C14H15ClN2O/c1-9-2-3-10-5-11(6-17-7-12(18)8-17)14(15)16-13(10)4-9/h2-5,12,18H,6-8H2,1H3. The van der Waals surface area contributed by atoms with Crippen LogP contribution in [0.2, 0.25) is 5.15 Å². The highest BCUT2D eigenvalue weighted by atomic mass is 35.5. The van der Waals surface area contributed by atoms with E-state index in [0.717, 1.165) is 36.1 Å². The zero-order valence-corrected chi connectivity index (χ0v) is 11.0. The van der Waals surface area contributed by atoms with Crippen LogP contribution in [0, 0.1) is 6.92 Å². The summed E-state index contributed by atoms with van der Waals surface area (Å²) in [6, 6.07) is 8.28. The Kier molecular flexibility index (Phi) is 2.98. The molecule has 0 aliphatic carbocycles. The molecule has 3 nitrogen and oxygen atoms in total. The van der Waals surface area contributed by atoms with E-state index in [2.05, 4.69) is 28.1 Å². The summed E-state index contributed by atoms with van der Waals surface area (Å²) >= 11 is 6.22. The molecule has 2 heterocycles. The summed E-state index contributed by atoms with van der Waals surface area (Å²) in [5.74, 6) is 0. The maximum Gasteiger partial charge on any atom is 0.134 e. The summed E-state index contributed by atoms with van der Waals surface area (Å²) in [6.45, 7) is 4.25. The molecule has 1 aliphatic heterocycles. The number of β-amino-alcohol motifs (C(OH)–C–C–N with tert-alkyl or cyclic N) is 1. The van der Waals surface area contributed by atoms with E-state index in [1.165, 1.54) is 5.56 Å². The van der Waals surface area contributed by atoms with Gasteiger partial charge in [-0.05, 0) is 24.6 Å². The van der Waals surface area contributed by atoms with Crippen LogP contribution in [0.25, 0.3) is 10.9 Å². The van der Waals surface area contributed by atoms with Crippen LogP contribution in [0.1, 0.15) is 11.1 Å². The minimum absolute atomic E-state index is 0.181. The van der Waals surface area contributed by atoms with Crippen molar-refractivity contribution in [1.82, 2.24) is 9.88 Å². The Balaban J connectivity index is 1.92. The number of aliphatic hydroxyl groups excluding tert-OH is 1. The van der Waals surface area contributed by atoms with Gasteiger partial charge in [0, 0.05) is 30.6 Å². The highest BCUT2D eigenvalue weighted by Crippen LogP contribution is 2.24. The fourth-order valence-electron chi connectivity index (χ4n) is 2.32. The Bertz CT molecular complexity index is 594. The van der Waals surface area contributed by atoms with E-state index in [4.69, 9.17) is 11.6 Å². The maximum absolute atomic E-state index is 9.28. The third kappa shape index (κ3) is 2.21. The highest BCUT2D eigenvalue weighted by Gasteiger charge is 2.24. The predicted octanol–water partition coefficient (Wildman–Crippen LogP) is 2.37. The number of rotatable bonds is 2. The first-order valence-electron chi connectivity index (χ1n) is 6.08. The van der Waals surface area contributed by atoms with E-state index in [-0.39, 0.29) is 6.10 Å². The van der Waals surface area contributed by atoms with Gasteiger partial charge in [-0.1, -0.05) is 23.7 Å². The molecule has 18 heavy (non-hydrogen) atoms. The lowest BCUT2D eigenvalue weighted by molar-refractivity contribution is -0.00287. The average molecular weight is 263 g/mol. The Morgan fingerprint density at radius 1 is 1.39 bits per heavy atom. The summed E-state index contributed by atoms with van der Waals surface area (Å²) in [5.41, 5.74) is 3.15. The van der Waals surface area contributed by atoms with Crippen LogP contribution >= 0.6 is 11.6 Å². The van der Waals surface area contributed by atoms with Crippen LogP contribution in [0.4, 0.5) is 0 Å². The first-order chi connectivity index (χ1) is 8.61. The minimum Gasteiger partial charge on any atom is -0.390 e. The van der Waals surface area contributed by atoms with Gasteiger partial charge in [0.05, 0.1) is 11.6 Å². The van der Waals surface area contributed by atoms with Crippen molar-refractivity contribution >= 4 is 22.5 Å². The van der Waals surface area contributed by atoms with Crippen LogP contribution in [0.15, 0.2) is 24.3 Å². The molecule has 4 heteroatoms. The SMILES string of the molecule is Cc1ccc2cc(CN3CC(O)C3)c(Cl)nc2c1. The third-order valence-electron chi connectivity index (χ3n) is 3.33. The van der Waals surface area contributed by atoms with Crippen LogP contribution in [0.5, 0.6) is 0 Å². The summed E-state index contributed by atoms with van der Waals surface area (Å²) in [5, 5.41) is 11.0. The molecule has 0 atom stereocenters. The van der Waals surface area contributed by atoms with Crippen molar-refractivity contribution in [2.75, 3.05) is 13.1 Å². The van der Waals surface area contributed by atoms with Crippen LogP contribution in [0.3, 0.4) is 0 Å². The lowest BCUT2D eigenvalue weighted by atomic mass is 10.1. The second-order valence-corrected chi connectivity index (χ2v) is 5.34. The van der Waals surface area contributed by atoms with E-state index in [9.17, 15) is 5.11 Å². The van der Waals surface area contributed by atoms with Gasteiger partial charge in [0.2, 0.25) is 0 Å². The van der Waals surface area contributed by atoms with Crippen LogP contribution < -0.4 is 0 Å². The van der Waals surface area contributed by atoms with Crippen molar-refractivity contribution in [3.63, 3.8) is 0 Å². The molecule has 3 rings (SSSR count). The number of benzene rings is 1. The summed E-state index contributed by atoms with van der Waals surface area (Å²) in [4.78, 5) is 6.60. The largest absolute Gasteiger partial charge is 0.390 e. The van der Waals surface area contributed by atoms with E-state index >= 15 is 0 Å². The van der Waals surface area contributed by atoms with Crippen molar-refractivity contribution in [1.29, 1.82) is 0 Å². The summed E-state index contributed by atoms with van der Waals surface area (Å²) in [6.07, 6.45) is -0.181. The number of nitrogens with zero attached hydrogens (tertiary/aromatic N) is 2. The normalized spacial score (nSPS) is 17.1. The van der Waals surface area contributed by atoms with Crippen LogP contribution in [-0.4, -0.2) is 34.2 Å². The number of halogens is 1. The number of hydrogen-bond acceptors (Lipinski definition) is 3. The lowest BCUT2D eigenvalue weighted by Crippen LogP contribution is -2.49. The van der Waals surface area contributed by atoms with Gasteiger partial charge in [-0.2, -0.15) is 0 Å². The van der Waals surface area contributed by atoms with Crippen molar-refractivity contribution in [2.45, 2.75) is 19.6 Å². The molecule has 1 fully saturated rings. The second-order valence-electron chi connectivity index (χ2n) is 4.98. The van der Waals surface area contributed by atoms with E-state index in [1.807, 2.05) is 13.0 Å². The smallest absolute Gasteiger partial charge is 0.134 e. The average Bonchev–Trinajstić information content (AvgIpc) is 2.28. The van der Waals surface area contributed by atoms with Gasteiger partial charge < -0.3 is 5.11 Å². The molecule has 0 spiro atoms.